The van der Waals surface area contributed by atoms with Crippen LogP contribution in [0.2, 0.25) is 0 Å². The minimum absolute atomic E-state index is 0.148. The quantitative estimate of drug-likeness (QED) is 0.851. The van der Waals surface area contributed by atoms with Crippen LogP contribution in [0.15, 0.2) is 53.4 Å². The van der Waals surface area contributed by atoms with E-state index < -0.39 is 0 Å². The predicted molar refractivity (Wildman–Crippen MR) is 94.2 cm³/mol. The number of amides is 2. The summed E-state index contributed by atoms with van der Waals surface area (Å²) in [7, 11) is 0. The molecule has 1 fully saturated rings. The van der Waals surface area contributed by atoms with Crippen molar-refractivity contribution in [3.8, 4) is 11.5 Å². The first-order chi connectivity index (χ1) is 11.6. The molecule has 6 heteroatoms. The molecule has 2 amide bonds. The molecule has 24 heavy (non-hydrogen) atoms. The maximum atomic E-state index is 12.5. The lowest BCUT2D eigenvalue weighted by atomic mass is 10.2. The van der Waals surface area contributed by atoms with Crippen LogP contribution in [-0.2, 0) is 4.79 Å². The summed E-state index contributed by atoms with van der Waals surface area (Å²) < 4.78 is 5.36. The first-order valence-electron chi connectivity index (χ1n) is 7.38. The largest absolute Gasteiger partial charge is 0.508 e. The number of ether oxygens (including phenoxy) is 1. The summed E-state index contributed by atoms with van der Waals surface area (Å²) >= 11 is 0.895. The third-order valence-corrected chi connectivity index (χ3v) is 4.26. The molecule has 0 unspecified atom stereocenters. The van der Waals surface area contributed by atoms with Crippen LogP contribution in [0, 0.1) is 0 Å². The predicted octanol–water partition coefficient (Wildman–Crippen LogP) is 4.03. The SMILES string of the molecule is CCOc1ccc(N2C(=O)SC(=Cc3ccc(O)cc3)C2=O)cc1. The fourth-order valence-electron chi connectivity index (χ4n) is 2.27. The van der Waals surface area contributed by atoms with Gasteiger partial charge in [0, 0.05) is 0 Å². The molecule has 0 atom stereocenters. The van der Waals surface area contributed by atoms with Gasteiger partial charge in [0.2, 0.25) is 0 Å². The van der Waals surface area contributed by atoms with Crippen molar-refractivity contribution in [1.29, 1.82) is 0 Å². The Morgan fingerprint density at radius 2 is 1.75 bits per heavy atom. The molecule has 0 saturated carbocycles. The van der Waals surface area contributed by atoms with Crippen molar-refractivity contribution in [3.05, 3.63) is 59.0 Å². The summed E-state index contributed by atoms with van der Waals surface area (Å²) in [5, 5.41) is 8.96. The number of aromatic hydroxyl groups is 1. The van der Waals surface area contributed by atoms with Gasteiger partial charge in [-0.05, 0) is 66.7 Å². The number of benzene rings is 2. The molecule has 1 saturated heterocycles. The van der Waals surface area contributed by atoms with E-state index in [4.69, 9.17) is 4.74 Å². The Morgan fingerprint density at radius 3 is 2.38 bits per heavy atom. The number of carbonyl (C=O) groups excluding carboxylic acids is 2. The zero-order chi connectivity index (χ0) is 17.1. The van der Waals surface area contributed by atoms with Crippen LogP contribution in [-0.4, -0.2) is 22.9 Å². The van der Waals surface area contributed by atoms with Crippen molar-refractivity contribution < 1.29 is 19.4 Å². The van der Waals surface area contributed by atoms with Gasteiger partial charge in [0.1, 0.15) is 11.5 Å². The van der Waals surface area contributed by atoms with Gasteiger partial charge in [0.05, 0.1) is 17.2 Å². The van der Waals surface area contributed by atoms with Gasteiger partial charge in [0.25, 0.3) is 11.1 Å². The Morgan fingerprint density at radius 1 is 1.08 bits per heavy atom. The normalized spacial score (nSPS) is 16.0. The van der Waals surface area contributed by atoms with Crippen molar-refractivity contribution in [2.75, 3.05) is 11.5 Å². The van der Waals surface area contributed by atoms with E-state index in [2.05, 4.69) is 0 Å². The molecule has 122 valence electrons. The van der Waals surface area contributed by atoms with Gasteiger partial charge in [-0.2, -0.15) is 0 Å². The molecule has 1 aliphatic heterocycles. The average molecular weight is 341 g/mol. The van der Waals surface area contributed by atoms with Crippen molar-refractivity contribution in [3.63, 3.8) is 0 Å². The topological polar surface area (TPSA) is 66.8 Å². The van der Waals surface area contributed by atoms with E-state index in [9.17, 15) is 14.7 Å². The zero-order valence-electron chi connectivity index (χ0n) is 12.9. The van der Waals surface area contributed by atoms with Crippen molar-refractivity contribution in [2.24, 2.45) is 0 Å². The van der Waals surface area contributed by atoms with Crippen LogP contribution >= 0.6 is 11.8 Å². The number of phenols is 1. The highest BCUT2D eigenvalue weighted by molar-refractivity contribution is 8.19. The molecule has 0 aliphatic carbocycles. The molecular weight excluding hydrogens is 326 g/mol. The number of carbonyl (C=O) groups is 2. The molecule has 5 nitrogen and oxygen atoms in total. The lowest BCUT2D eigenvalue weighted by Crippen LogP contribution is -2.27. The Labute approximate surface area is 143 Å². The molecule has 0 aromatic heterocycles. The van der Waals surface area contributed by atoms with E-state index in [1.54, 1.807) is 42.5 Å². The Bertz CT molecular complexity index is 797. The first kappa shape index (κ1) is 16.1. The van der Waals surface area contributed by atoms with Gasteiger partial charge in [0.15, 0.2) is 0 Å². The minimum Gasteiger partial charge on any atom is -0.508 e. The van der Waals surface area contributed by atoms with Crippen molar-refractivity contribution in [2.45, 2.75) is 6.92 Å². The smallest absolute Gasteiger partial charge is 0.298 e. The maximum absolute atomic E-state index is 12.5. The Balaban J connectivity index is 1.84. The number of hydrogen-bond acceptors (Lipinski definition) is 5. The number of rotatable bonds is 4. The highest BCUT2D eigenvalue weighted by Crippen LogP contribution is 2.36. The lowest BCUT2D eigenvalue weighted by molar-refractivity contribution is -0.113. The average Bonchev–Trinajstić information content (AvgIpc) is 2.85. The summed E-state index contributed by atoms with van der Waals surface area (Å²) in [4.78, 5) is 26.2. The lowest BCUT2D eigenvalue weighted by Gasteiger charge is -2.13. The molecule has 2 aromatic carbocycles. The van der Waals surface area contributed by atoms with Gasteiger partial charge in [-0.15, -0.1) is 0 Å². The highest BCUT2D eigenvalue weighted by atomic mass is 32.2. The fraction of sp³-hybridized carbons (Fsp3) is 0.111. The second-order valence-electron chi connectivity index (χ2n) is 5.04. The van der Waals surface area contributed by atoms with E-state index in [0.717, 1.165) is 22.2 Å². The van der Waals surface area contributed by atoms with Gasteiger partial charge in [-0.1, -0.05) is 12.1 Å². The molecule has 0 spiro atoms. The van der Waals surface area contributed by atoms with E-state index in [0.29, 0.717) is 22.9 Å². The molecule has 3 rings (SSSR count). The number of imide groups is 1. The number of phenolic OH excluding ortho intramolecular Hbond substituents is 1. The summed E-state index contributed by atoms with van der Waals surface area (Å²) in [5.41, 5.74) is 1.25. The van der Waals surface area contributed by atoms with Crippen LogP contribution < -0.4 is 9.64 Å². The Kier molecular flexibility index (Phi) is 4.57. The van der Waals surface area contributed by atoms with E-state index in [1.807, 2.05) is 6.92 Å². The number of nitrogens with zero attached hydrogens (tertiary/aromatic N) is 1. The number of hydrogen-bond donors (Lipinski definition) is 1. The van der Waals surface area contributed by atoms with Crippen LogP contribution in [0.3, 0.4) is 0 Å². The van der Waals surface area contributed by atoms with E-state index in [-0.39, 0.29) is 16.9 Å². The van der Waals surface area contributed by atoms with Crippen LogP contribution in [0.25, 0.3) is 6.08 Å². The molecule has 0 radical (unpaired) electrons. The fourth-order valence-corrected chi connectivity index (χ4v) is 3.11. The van der Waals surface area contributed by atoms with Gasteiger partial charge < -0.3 is 9.84 Å². The zero-order valence-corrected chi connectivity index (χ0v) is 13.7. The number of thioether (sulfide) groups is 1. The van der Waals surface area contributed by atoms with E-state index in [1.165, 1.54) is 12.1 Å². The molecule has 1 aliphatic rings. The minimum atomic E-state index is -0.359. The monoisotopic (exact) mass is 341 g/mol. The summed E-state index contributed by atoms with van der Waals surface area (Å²) in [6, 6.07) is 13.2. The number of anilines is 1. The third kappa shape index (κ3) is 3.28. The van der Waals surface area contributed by atoms with Gasteiger partial charge >= 0.3 is 0 Å². The molecule has 1 heterocycles. The molecule has 1 N–H and O–H groups in total. The summed E-state index contributed by atoms with van der Waals surface area (Å²) in [6.07, 6.45) is 1.64. The Hall–Kier alpha value is -2.73. The summed E-state index contributed by atoms with van der Waals surface area (Å²) in [6.45, 7) is 2.44. The van der Waals surface area contributed by atoms with Crippen molar-refractivity contribution >= 4 is 34.7 Å². The maximum Gasteiger partial charge on any atom is 0.298 e. The molecule has 2 aromatic rings. The van der Waals surface area contributed by atoms with E-state index >= 15 is 0 Å². The standard InChI is InChI=1S/C18H15NO4S/c1-2-23-15-9-5-13(6-10-15)19-17(21)16(24-18(19)22)11-12-3-7-14(20)8-4-12/h3-11,20H,2H2,1H3. The van der Waals surface area contributed by atoms with Gasteiger partial charge in [-0.3, -0.25) is 9.59 Å². The molecule has 0 bridgehead atoms. The van der Waals surface area contributed by atoms with Crippen molar-refractivity contribution in [1.82, 2.24) is 0 Å². The third-order valence-electron chi connectivity index (χ3n) is 3.39. The molecular formula is C18H15NO4S. The second-order valence-corrected chi connectivity index (χ2v) is 6.03. The second kappa shape index (κ2) is 6.80. The first-order valence-corrected chi connectivity index (χ1v) is 8.20. The van der Waals surface area contributed by atoms with Crippen LogP contribution in [0.4, 0.5) is 10.5 Å². The van der Waals surface area contributed by atoms with Gasteiger partial charge in [-0.25, -0.2) is 4.90 Å². The van der Waals surface area contributed by atoms with Crippen LogP contribution in [0.1, 0.15) is 12.5 Å². The highest BCUT2D eigenvalue weighted by Gasteiger charge is 2.36. The van der Waals surface area contributed by atoms with Crippen LogP contribution in [0.5, 0.6) is 11.5 Å². The summed E-state index contributed by atoms with van der Waals surface area (Å²) in [5.74, 6) is 0.477.